The number of nitrogens with zero attached hydrogens (tertiary/aromatic N) is 1. The zero-order chi connectivity index (χ0) is 19.0. The van der Waals surface area contributed by atoms with Gasteiger partial charge in [-0.3, -0.25) is 9.10 Å². The second-order valence-electron chi connectivity index (χ2n) is 6.27. The van der Waals surface area contributed by atoms with Crippen LogP contribution in [0.25, 0.3) is 0 Å². The maximum absolute atomic E-state index is 12.6. The van der Waals surface area contributed by atoms with Crippen molar-refractivity contribution < 1.29 is 27.4 Å². The van der Waals surface area contributed by atoms with E-state index in [1.807, 2.05) is 6.07 Å². The standard InChI is InChI=1S/C18H18N2O6S/c1-27(22,23)20-10-17(26-14-5-3-2-4-13(14)20)18(21)19-9-12-6-7-15-16(8-12)25-11-24-15/h2-8,17H,9-11H2,1H3,(H,19,21)/t17-/m0/s1. The van der Waals surface area contributed by atoms with Crippen molar-refractivity contribution in [1.29, 1.82) is 0 Å². The highest BCUT2D eigenvalue weighted by atomic mass is 32.2. The Balaban J connectivity index is 1.48. The number of hydrogen-bond acceptors (Lipinski definition) is 6. The third-order valence-corrected chi connectivity index (χ3v) is 5.48. The molecule has 9 heteroatoms. The van der Waals surface area contributed by atoms with Gasteiger partial charge in [0, 0.05) is 6.54 Å². The fraction of sp³-hybridized carbons (Fsp3) is 0.278. The van der Waals surface area contributed by atoms with Gasteiger partial charge in [-0.05, 0) is 29.8 Å². The summed E-state index contributed by atoms with van der Waals surface area (Å²) in [6, 6.07) is 12.1. The monoisotopic (exact) mass is 390 g/mol. The Bertz CT molecular complexity index is 991. The zero-order valence-corrected chi connectivity index (χ0v) is 15.4. The van der Waals surface area contributed by atoms with Crippen LogP contribution in [0, 0.1) is 0 Å². The van der Waals surface area contributed by atoms with E-state index in [1.165, 1.54) is 4.31 Å². The summed E-state index contributed by atoms with van der Waals surface area (Å²) < 4.78 is 41.7. The SMILES string of the molecule is CS(=O)(=O)N1C[C@@H](C(=O)NCc2ccc3c(c2)OCO3)Oc2ccccc21. The fourth-order valence-corrected chi connectivity index (χ4v) is 3.92. The number of anilines is 1. The maximum Gasteiger partial charge on any atom is 0.263 e. The van der Waals surface area contributed by atoms with Crippen molar-refractivity contribution in [3.63, 3.8) is 0 Å². The van der Waals surface area contributed by atoms with Crippen LogP contribution in [0.2, 0.25) is 0 Å². The molecular formula is C18H18N2O6S. The molecule has 0 unspecified atom stereocenters. The molecule has 2 aromatic carbocycles. The molecule has 0 spiro atoms. The summed E-state index contributed by atoms with van der Waals surface area (Å²) in [4.78, 5) is 12.6. The van der Waals surface area contributed by atoms with Crippen molar-refractivity contribution in [1.82, 2.24) is 5.32 Å². The molecule has 27 heavy (non-hydrogen) atoms. The van der Waals surface area contributed by atoms with Crippen LogP contribution in [-0.2, 0) is 21.4 Å². The molecule has 0 fully saturated rings. The number of fused-ring (bicyclic) bond motifs is 2. The Hall–Kier alpha value is -2.94. The number of amides is 1. The minimum Gasteiger partial charge on any atom is -0.476 e. The van der Waals surface area contributed by atoms with E-state index >= 15 is 0 Å². The number of benzene rings is 2. The average Bonchev–Trinajstić information content (AvgIpc) is 3.12. The molecule has 142 valence electrons. The minimum atomic E-state index is -3.54. The van der Waals surface area contributed by atoms with Crippen molar-refractivity contribution in [3.8, 4) is 17.2 Å². The first-order chi connectivity index (χ1) is 12.9. The highest BCUT2D eigenvalue weighted by Crippen LogP contribution is 2.35. The maximum atomic E-state index is 12.6. The summed E-state index contributed by atoms with van der Waals surface area (Å²) in [6.07, 6.45) is 0.167. The van der Waals surface area contributed by atoms with Gasteiger partial charge in [0.05, 0.1) is 18.5 Å². The molecule has 0 bridgehead atoms. The van der Waals surface area contributed by atoms with E-state index in [0.717, 1.165) is 11.8 Å². The number of hydrogen-bond donors (Lipinski definition) is 1. The van der Waals surface area contributed by atoms with E-state index < -0.39 is 22.0 Å². The molecule has 2 heterocycles. The van der Waals surface area contributed by atoms with E-state index in [2.05, 4.69) is 5.32 Å². The van der Waals surface area contributed by atoms with Gasteiger partial charge in [-0.1, -0.05) is 18.2 Å². The van der Waals surface area contributed by atoms with Gasteiger partial charge < -0.3 is 19.5 Å². The van der Waals surface area contributed by atoms with Crippen LogP contribution in [0.4, 0.5) is 5.69 Å². The zero-order valence-electron chi connectivity index (χ0n) is 14.5. The number of ether oxygens (including phenoxy) is 3. The lowest BCUT2D eigenvalue weighted by Gasteiger charge is -2.33. The van der Waals surface area contributed by atoms with Crippen LogP contribution in [-0.4, -0.2) is 40.0 Å². The minimum absolute atomic E-state index is 0.0805. The lowest BCUT2D eigenvalue weighted by atomic mass is 10.2. The summed E-state index contributed by atoms with van der Waals surface area (Å²) >= 11 is 0. The van der Waals surface area contributed by atoms with Crippen LogP contribution < -0.4 is 23.8 Å². The molecule has 0 aromatic heterocycles. The summed E-state index contributed by atoms with van der Waals surface area (Å²) in [5.41, 5.74) is 1.27. The predicted molar refractivity (Wildman–Crippen MR) is 97.5 cm³/mol. The molecule has 2 aromatic rings. The Morgan fingerprint density at radius 3 is 2.74 bits per heavy atom. The molecule has 0 saturated heterocycles. The number of nitrogens with one attached hydrogen (secondary N) is 1. The van der Waals surface area contributed by atoms with Crippen molar-refractivity contribution in [3.05, 3.63) is 48.0 Å². The van der Waals surface area contributed by atoms with Crippen LogP contribution in [0.15, 0.2) is 42.5 Å². The first-order valence-corrected chi connectivity index (χ1v) is 10.2. The third kappa shape index (κ3) is 3.50. The topological polar surface area (TPSA) is 94.2 Å². The lowest BCUT2D eigenvalue weighted by molar-refractivity contribution is -0.127. The Labute approximate surface area is 156 Å². The highest BCUT2D eigenvalue weighted by molar-refractivity contribution is 7.92. The lowest BCUT2D eigenvalue weighted by Crippen LogP contribution is -2.50. The Kier molecular flexibility index (Phi) is 4.31. The smallest absolute Gasteiger partial charge is 0.263 e. The molecule has 8 nitrogen and oxygen atoms in total. The summed E-state index contributed by atoms with van der Waals surface area (Å²) in [5.74, 6) is 1.27. The quantitative estimate of drug-likeness (QED) is 0.845. The van der Waals surface area contributed by atoms with E-state index in [4.69, 9.17) is 14.2 Å². The third-order valence-electron chi connectivity index (χ3n) is 4.33. The van der Waals surface area contributed by atoms with Gasteiger partial charge >= 0.3 is 0 Å². The van der Waals surface area contributed by atoms with Gasteiger partial charge in [0.2, 0.25) is 16.8 Å². The summed E-state index contributed by atoms with van der Waals surface area (Å²) in [5, 5.41) is 2.78. The second-order valence-corrected chi connectivity index (χ2v) is 8.18. The second kappa shape index (κ2) is 6.66. The molecule has 4 rings (SSSR count). The molecule has 0 aliphatic carbocycles. The van der Waals surface area contributed by atoms with Crippen molar-refractivity contribution in [2.24, 2.45) is 0 Å². The molecule has 1 amide bonds. The van der Waals surface area contributed by atoms with Gasteiger partial charge in [0.15, 0.2) is 17.6 Å². The molecule has 1 atom stereocenters. The Morgan fingerprint density at radius 1 is 1.15 bits per heavy atom. The normalized spacial score (nSPS) is 17.8. The van der Waals surface area contributed by atoms with E-state index in [9.17, 15) is 13.2 Å². The predicted octanol–water partition coefficient (Wildman–Crippen LogP) is 1.26. The van der Waals surface area contributed by atoms with Crippen LogP contribution >= 0.6 is 0 Å². The number of sulfonamides is 1. The first-order valence-electron chi connectivity index (χ1n) is 8.31. The number of carbonyl (C=O) groups is 1. The Morgan fingerprint density at radius 2 is 1.93 bits per heavy atom. The first kappa shape index (κ1) is 17.5. The average molecular weight is 390 g/mol. The summed E-state index contributed by atoms with van der Waals surface area (Å²) in [6.45, 7) is 0.362. The van der Waals surface area contributed by atoms with Crippen molar-refractivity contribution in [2.45, 2.75) is 12.6 Å². The molecule has 0 saturated carbocycles. The van der Waals surface area contributed by atoms with Crippen LogP contribution in [0.3, 0.4) is 0 Å². The molecule has 1 N–H and O–H groups in total. The fourth-order valence-electron chi connectivity index (χ4n) is 3.01. The van der Waals surface area contributed by atoms with Crippen LogP contribution in [0.5, 0.6) is 17.2 Å². The van der Waals surface area contributed by atoms with E-state index in [1.54, 1.807) is 36.4 Å². The molecular weight excluding hydrogens is 372 g/mol. The highest BCUT2D eigenvalue weighted by Gasteiger charge is 2.34. The number of rotatable bonds is 4. The van der Waals surface area contributed by atoms with Gasteiger partial charge in [0.25, 0.3) is 5.91 Å². The van der Waals surface area contributed by atoms with Gasteiger partial charge in [-0.2, -0.15) is 0 Å². The largest absolute Gasteiger partial charge is 0.476 e. The molecule has 2 aliphatic rings. The van der Waals surface area contributed by atoms with Crippen molar-refractivity contribution >= 4 is 21.6 Å². The van der Waals surface area contributed by atoms with Gasteiger partial charge in [0.1, 0.15) is 5.75 Å². The number of carbonyl (C=O) groups excluding carboxylic acids is 1. The summed E-state index contributed by atoms with van der Waals surface area (Å²) in [7, 11) is -3.54. The van der Waals surface area contributed by atoms with E-state index in [-0.39, 0.29) is 19.9 Å². The molecule has 2 aliphatic heterocycles. The van der Waals surface area contributed by atoms with Gasteiger partial charge in [-0.25, -0.2) is 8.42 Å². The molecule has 0 radical (unpaired) electrons. The number of para-hydroxylation sites is 2. The van der Waals surface area contributed by atoms with Gasteiger partial charge in [-0.15, -0.1) is 0 Å². The van der Waals surface area contributed by atoms with E-state index in [0.29, 0.717) is 22.9 Å². The van der Waals surface area contributed by atoms with Crippen molar-refractivity contribution in [2.75, 3.05) is 23.9 Å². The van der Waals surface area contributed by atoms with Crippen LogP contribution in [0.1, 0.15) is 5.56 Å².